The molecule has 0 saturated heterocycles. The van der Waals surface area contributed by atoms with Crippen molar-refractivity contribution in [3.63, 3.8) is 0 Å². The van der Waals surface area contributed by atoms with Crippen LogP contribution in [0.3, 0.4) is 0 Å². The number of benzene rings is 1. The number of nitro benzene ring substituents is 1. The van der Waals surface area contributed by atoms with Crippen LogP contribution in [-0.2, 0) is 4.79 Å². The highest BCUT2D eigenvalue weighted by Gasteiger charge is 2.33. The van der Waals surface area contributed by atoms with Crippen molar-refractivity contribution in [2.45, 2.75) is 32.2 Å². The molecule has 1 saturated carbocycles. The van der Waals surface area contributed by atoms with Crippen LogP contribution in [0.5, 0.6) is 0 Å². The van der Waals surface area contributed by atoms with Crippen LogP contribution < -0.4 is 0 Å². The maximum atomic E-state index is 12.4. The first-order chi connectivity index (χ1) is 9.90. The van der Waals surface area contributed by atoms with Crippen LogP contribution in [0.1, 0.15) is 35.2 Å². The zero-order chi connectivity index (χ0) is 15.6. The number of carboxylic acid groups (broad SMARTS) is 1. The molecule has 0 atom stereocenters. The fourth-order valence-electron chi connectivity index (χ4n) is 2.21. The lowest BCUT2D eigenvalue weighted by Gasteiger charge is -2.21. The van der Waals surface area contributed by atoms with Crippen LogP contribution in [0.25, 0.3) is 0 Å². The van der Waals surface area contributed by atoms with Gasteiger partial charge in [0.2, 0.25) is 0 Å². The second kappa shape index (κ2) is 5.90. The molecule has 2 rings (SSSR count). The summed E-state index contributed by atoms with van der Waals surface area (Å²) in [4.78, 5) is 34.9. The van der Waals surface area contributed by atoms with E-state index in [-0.39, 0.29) is 30.6 Å². The number of carbonyl (C=O) groups excluding carboxylic acids is 1. The third-order valence-corrected chi connectivity index (χ3v) is 3.46. The largest absolute Gasteiger partial charge is 0.481 e. The number of hydrogen-bond acceptors (Lipinski definition) is 4. The molecule has 1 aliphatic carbocycles. The van der Waals surface area contributed by atoms with Gasteiger partial charge in [0.25, 0.3) is 11.6 Å². The Labute approximate surface area is 121 Å². The second-order valence-electron chi connectivity index (χ2n) is 5.13. The number of rotatable bonds is 6. The van der Waals surface area contributed by atoms with Crippen LogP contribution in [0, 0.1) is 17.0 Å². The Morgan fingerprint density at radius 3 is 2.57 bits per heavy atom. The quantitative estimate of drug-likeness (QED) is 0.638. The molecule has 7 nitrogen and oxygen atoms in total. The van der Waals surface area contributed by atoms with E-state index in [1.165, 1.54) is 18.2 Å². The minimum atomic E-state index is -0.951. The van der Waals surface area contributed by atoms with Crippen molar-refractivity contribution in [2.75, 3.05) is 6.54 Å². The average Bonchev–Trinajstić information content (AvgIpc) is 3.22. The summed E-state index contributed by atoms with van der Waals surface area (Å²) in [5, 5.41) is 19.5. The first kappa shape index (κ1) is 15.0. The van der Waals surface area contributed by atoms with Gasteiger partial charge in [-0.25, -0.2) is 0 Å². The molecule has 0 radical (unpaired) electrons. The van der Waals surface area contributed by atoms with Crippen LogP contribution in [0.2, 0.25) is 0 Å². The van der Waals surface area contributed by atoms with Crippen LogP contribution >= 0.6 is 0 Å². The number of aliphatic carboxylic acids is 1. The predicted molar refractivity (Wildman–Crippen MR) is 74.1 cm³/mol. The maximum Gasteiger partial charge on any atom is 0.305 e. The van der Waals surface area contributed by atoms with Gasteiger partial charge < -0.3 is 10.0 Å². The zero-order valence-corrected chi connectivity index (χ0v) is 11.6. The standard InChI is InChI=1S/C14H16N2O5/c1-9-8-10(2-5-12(9)16(20)21)14(19)15(11-3-4-11)7-6-13(17)18/h2,5,8,11H,3-4,6-7H2,1H3,(H,17,18). The summed E-state index contributed by atoms with van der Waals surface area (Å²) in [5.74, 6) is -1.22. The van der Waals surface area contributed by atoms with Gasteiger partial charge >= 0.3 is 5.97 Å². The Bertz CT molecular complexity index is 595. The monoisotopic (exact) mass is 292 g/mol. The van der Waals surface area contributed by atoms with E-state index in [0.717, 1.165) is 12.8 Å². The minimum Gasteiger partial charge on any atom is -0.481 e. The molecule has 1 amide bonds. The van der Waals surface area contributed by atoms with E-state index < -0.39 is 10.9 Å². The molecule has 0 aliphatic heterocycles. The topological polar surface area (TPSA) is 101 Å². The van der Waals surface area contributed by atoms with Gasteiger partial charge in [-0.3, -0.25) is 19.7 Å². The van der Waals surface area contributed by atoms with Crippen molar-refractivity contribution in [3.8, 4) is 0 Å². The lowest BCUT2D eigenvalue weighted by molar-refractivity contribution is -0.385. The second-order valence-corrected chi connectivity index (χ2v) is 5.13. The average molecular weight is 292 g/mol. The Balaban J connectivity index is 2.18. The third kappa shape index (κ3) is 3.56. The summed E-state index contributed by atoms with van der Waals surface area (Å²) in [6.07, 6.45) is 1.64. The Hall–Kier alpha value is -2.44. The molecule has 21 heavy (non-hydrogen) atoms. The Morgan fingerprint density at radius 1 is 1.43 bits per heavy atom. The molecule has 1 aromatic carbocycles. The third-order valence-electron chi connectivity index (χ3n) is 3.46. The molecule has 1 fully saturated rings. The summed E-state index contributed by atoms with van der Waals surface area (Å²) in [6.45, 7) is 1.74. The molecule has 0 unspecified atom stereocenters. The van der Waals surface area contributed by atoms with Crippen molar-refractivity contribution in [1.29, 1.82) is 0 Å². The van der Waals surface area contributed by atoms with Crippen LogP contribution in [-0.4, -0.2) is 39.4 Å². The highest BCUT2D eigenvalue weighted by molar-refractivity contribution is 5.95. The van der Waals surface area contributed by atoms with E-state index in [1.54, 1.807) is 11.8 Å². The summed E-state index contributed by atoms with van der Waals surface area (Å²) < 4.78 is 0. The lowest BCUT2D eigenvalue weighted by atomic mass is 10.1. The first-order valence-electron chi connectivity index (χ1n) is 6.68. The van der Waals surface area contributed by atoms with Crippen molar-refractivity contribution in [1.82, 2.24) is 4.90 Å². The van der Waals surface area contributed by atoms with Gasteiger partial charge in [0.05, 0.1) is 11.3 Å². The number of hydrogen-bond donors (Lipinski definition) is 1. The smallest absolute Gasteiger partial charge is 0.305 e. The number of carbonyl (C=O) groups is 2. The van der Waals surface area contributed by atoms with Crippen molar-refractivity contribution >= 4 is 17.6 Å². The molecular formula is C14H16N2O5. The van der Waals surface area contributed by atoms with Gasteiger partial charge in [-0.1, -0.05) is 0 Å². The highest BCUT2D eigenvalue weighted by Crippen LogP contribution is 2.29. The Morgan fingerprint density at radius 2 is 2.10 bits per heavy atom. The summed E-state index contributed by atoms with van der Waals surface area (Å²) >= 11 is 0. The molecule has 0 spiro atoms. The molecular weight excluding hydrogens is 276 g/mol. The van der Waals surface area contributed by atoms with Gasteiger partial charge in [-0.2, -0.15) is 0 Å². The molecule has 7 heteroatoms. The van der Waals surface area contributed by atoms with E-state index in [1.807, 2.05) is 0 Å². The van der Waals surface area contributed by atoms with E-state index >= 15 is 0 Å². The van der Waals surface area contributed by atoms with Crippen molar-refractivity contribution < 1.29 is 19.6 Å². The lowest BCUT2D eigenvalue weighted by Crippen LogP contribution is -2.35. The molecule has 1 aliphatic rings. The highest BCUT2D eigenvalue weighted by atomic mass is 16.6. The van der Waals surface area contributed by atoms with Gasteiger partial charge in [0.1, 0.15) is 0 Å². The Kier molecular flexibility index (Phi) is 4.21. The SMILES string of the molecule is Cc1cc(C(=O)N(CCC(=O)O)C2CC2)ccc1[N+](=O)[O-]. The van der Waals surface area contributed by atoms with Crippen LogP contribution in [0.4, 0.5) is 5.69 Å². The number of amides is 1. The van der Waals surface area contributed by atoms with Crippen LogP contribution in [0.15, 0.2) is 18.2 Å². The predicted octanol–water partition coefficient (Wildman–Crippen LogP) is 1.98. The number of aryl methyl sites for hydroxylation is 1. The summed E-state index contributed by atoms with van der Waals surface area (Å²) in [6, 6.07) is 4.30. The van der Waals surface area contributed by atoms with Gasteiger partial charge in [-0.05, 0) is 31.9 Å². The zero-order valence-electron chi connectivity index (χ0n) is 11.6. The van der Waals surface area contributed by atoms with Crippen molar-refractivity contribution in [2.24, 2.45) is 0 Å². The number of nitro groups is 1. The van der Waals surface area contributed by atoms with E-state index in [2.05, 4.69) is 0 Å². The van der Waals surface area contributed by atoms with Gasteiger partial charge in [-0.15, -0.1) is 0 Å². The molecule has 0 bridgehead atoms. The van der Waals surface area contributed by atoms with Gasteiger partial charge in [0, 0.05) is 29.8 Å². The molecule has 0 heterocycles. The normalized spacial score (nSPS) is 13.8. The fourth-order valence-corrected chi connectivity index (χ4v) is 2.21. The van der Waals surface area contributed by atoms with E-state index in [4.69, 9.17) is 5.11 Å². The van der Waals surface area contributed by atoms with Gasteiger partial charge in [0.15, 0.2) is 0 Å². The van der Waals surface area contributed by atoms with E-state index in [0.29, 0.717) is 11.1 Å². The molecule has 112 valence electrons. The molecule has 1 aromatic rings. The first-order valence-corrected chi connectivity index (χ1v) is 6.68. The summed E-state index contributed by atoms with van der Waals surface area (Å²) in [7, 11) is 0. The molecule has 0 aromatic heterocycles. The van der Waals surface area contributed by atoms with Crippen molar-refractivity contribution in [3.05, 3.63) is 39.4 Å². The molecule has 1 N–H and O–H groups in total. The minimum absolute atomic E-state index is 0.0324. The van der Waals surface area contributed by atoms with E-state index in [9.17, 15) is 19.7 Å². The number of nitrogens with zero attached hydrogens (tertiary/aromatic N) is 2. The maximum absolute atomic E-state index is 12.4. The summed E-state index contributed by atoms with van der Waals surface area (Å²) in [5.41, 5.74) is 0.741. The number of carboxylic acids is 1. The fraction of sp³-hybridized carbons (Fsp3) is 0.429.